The number of hydrogen-bond donors (Lipinski definition) is 2. The van der Waals surface area contributed by atoms with Gasteiger partial charge in [-0.1, -0.05) is 12.2 Å². The molecular weight excluding hydrogens is 321 g/mol. The molecule has 1 saturated carbocycles. The fourth-order valence-corrected chi connectivity index (χ4v) is 3.46. The first kappa shape index (κ1) is 16.2. The second-order valence-corrected chi connectivity index (χ2v) is 5.92. The minimum absolute atomic E-state index is 0.0585. The molecular formula is C15H16FN3O5. The van der Waals surface area contributed by atoms with Gasteiger partial charge in [-0.05, 0) is 24.7 Å². The van der Waals surface area contributed by atoms with Gasteiger partial charge in [0, 0.05) is 0 Å². The number of nitrogens with zero attached hydrogens (tertiary/aromatic N) is 1. The Bertz CT molecular complexity index is 827. The molecule has 0 spiro atoms. The van der Waals surface area contributed by atoms with Crippen molar-refractivity contribution in [1.82, 2.24) is 14.9 Å². The van der Waals surface area contributed by atoms with E-state index in [9.17, 15) is 23.6 Å². The van der Waals surface area contributed by atoms with Crippen molar-refractivity contribution in [2.75, 3.05) is 7.11 Å². The topological polar surface area (TPSA) is 110 Å². The minimum Gasteiger partial charge on any atom is -0.469 e. The lowest BCUT2D eigenvalue weighted by molar-refractivity contribution is -0.149. The number of allylic oxidation sites excluding steroid dienone is 1. The molecule has 3 aliphatic rings. The van der Waals surface area contributed by atoms with E-state index in [2.05, 4.69) is 5.32 Å². The molecule has 2 bridgehead atoms. The lowest BCUT2D eigenvalue weighted by Gasteiger charge is -2.43. The fraction of sp³-hybridized carbons (Fsp3) is 0.467. The Morgan fingerprint density at radius 3 is 2.58 bits per heavy atom. The predicted molar refractivity (Wildman–Crippen MR) is 79.9 cm³/mol. The van der Waals surface area contributed by atoms with Gasteiger partial charge in [-0.3, -0.25) is 14.6 Å². The molecule has 1 amide bonds. The highest BCUT2D eigenvalue weighted by atomic mass is 19.1. The van der Waals surface area contributed by atoms with E-state index in [1.54, 1.807) is 4.98 Å². The van der Waals surface area contributed by atoms with Gasteiger partial charge in [0.1, 0.15) is 0 Å². The van der Waals surface area contributed by atoms with E-state index in [4.69, 9.17) is 4.74 Å². The lowest BCUT2D eigenvalue weighted by Crippen LogP contribution is -2.56. The van der Waals surface area contributed by atoms with Crippen LogP contribution in [0.5, 0.6) is 0 Å². The molecule has 0 aliphatic heterocycles. The summed E-state index contributed by atoms with van der Waals surface area (Å²) in [5.41, 5.74) is -2.25. The second-order valence-electron chi connectivity index (χ2n) is 5.92. The van der Waals surface area contributed by atoms with Gasteiger partial charge in [-0.25, -0.2) is 14.2 Å². The molecule has 0 aromatic carbocycles. The summed E-state index contributed by atoms with van der Waals surface area (Å²) in [6.07, 6.45) is 5.98. The zero-order chi connectivity index (χ0) is 17.4. The van der Waals surface area contributed by atoms with E-state index < -0.39 is 41.0 Å². The molecule has 24 heavy (non-hydrogen) atoms. The van der Waals surface area contributed by atoms with Gasteiger partial charge >= 0.3 is 17.7 Å². The third kappa shape index (κ3) is 2.66. The minimum atomic E-state index is -1.25. The van der Waals surface area contributed by atoms with E-state index in [0.29, 0.717) is 10.8 Å². The van der Waals surface area contributed by atoms with Crippen molar-refractivity contribution in [2.45, 2.75) is 18.9 Å². The second kappa shape index (κ2) is 6.06. The Kier molecular flexibility index (Phi) is 4.08. The Balaban J connectivity index is 1.89. The molecule has 2 N–H and O–H groups in total. The molecule has 0 radical (unpaired) electrons. The molecule has 0 saturated heterocycles. The highest BCUT2D eigenvalue weighted by Gasteiger charge is 2.46. The number of carbonyl (C=O) groups is 2. The van der Waals surface area contributed by atoms with Crippen molar-refractivity contribution in [2.24, 2.45) is 17.8 Å². The highest BCUT2D eigenvalue weighted by Crippen LogP contribution is 2.41. The SMILES string of the molecule is COC(=O)C1C2C=CC(CC2)C1NC(=O)n1cc(F)c(=O)[nH]c1=O. The molecule has 1 heterocycles. The fourth-order valence-electron chi connectivity index (χ4n) is 3.46. The smallest absolute Gasteiger partial charge is 0.336 e. The van der Waals surface area contributed by atoms with E-state index in [1.807, 2.05) is 12.2 Å². The number of methoxy groups -OCH3 is 1. The van der Waals surface area contributed by atoms with Crippen LogP contribution in [-0.2, 0) is 9.53 Å². The Labute approximate surface area is 135 Å². The van der Waals surface area contributed by atoms with Crippen LogP contribution in [0.4, 0.5) is 9.18 Å². The van der Waals surface area contributed by atoms with Gasteiger partial charge in [-0.2, -0.15) is 4.39 Å². The Morgan fingerprint density at radius 1 is 1.29 bits per heavy atom. The number of aromatic amines is 1. The van der Waals surface area contributed by atoms with Gasteiger partial charge in [0.25, 0.3) is 5.56 Å². The van der Waals surface area contributed by atoms with E-state index in [-0.39, 0.29) is 11.8 Å². The summed E-state index contributed by atoms with van der Waals surface area (Å²) in [7, 11) is 1.27. The molecule has 1 aromatic heterocycles. The van der Waals surface area contributed by atoms with E-state index in [0.717, 1.165) is 12.8 Å². The number of H-pyrrole nitrogens is 1. The maximum absolute atomic E-state index is 13.3. The van der Waals surface area contributed by atoms with Gasteiger partial charge in [0.15, 0.2) is 0 Å². The summed E-state index contributed by atoms with van der Waals surface area (Å²) in [5, 5.41) is 2.60. The molecule has 8 nitrogen and oxygen atoms in total. The quantitative estimate of drug-likeness (QED) is 0.582. The van der Waals surface area contributed by atoms with Crippen molar-refractivity contribution < 1.29 is 18.7 Å². The zero-order valence-corrected chi connectivity index (χ0v) is 12.8. The first-order valence-electron chi connectivity index (χ1n) is 7.51. The molecule has 4 unspecified atom stereocenters. The highest BCUT2D eigenvalue weighted by molar-refractivity contribution is 5.79. The van der Waals surface area contributed by atoms with Crippen LogP contribution < -0.4 is 16.6 Å². The first-order valence-corrected chi connectivity index (χ1v) is 7.51. The van der Waals surface area contributed by atoms with Gasteiger partial charge in [-0.15, -0.1) is 0 Å². The number of ether oxygens (including phenoxy) is 1. The average Bonchev–Trinajstić information content (AvgIpc) is 2.58. The van der Waals surface area contributed by atoms with Crippen LogP contribution in [0, 0.1) is 23.6 Å². The van der Waals surface area contributed by atoms with E-state index >= 15 is 0 Å². The molecule has 3 aliphatic carbocycles. The standard InChI is InChI=1S/C15H16FN3O5/c1-24-13(21)10-7-2-4-8(5-3-7)11(10)17-14(22)19-6-9(16)12(20)18-15(19)23/h2,4,6-8,10-11H,3,5H2,1H3,(H,17,22)(H,18,20,23). The summed E-state index contributed by atoms with van der Waals surface area (Å²) in [5.74, 6) is -2.40. The number of fused-ring (bicyclic) bond motifs is 2. The molecule has 9 heteroatoms. The van der Waals surface area contributed by atoms with Crippen LogP contribution in [0.15, 0.2) is 27.9 Å². The molecule has 4 atom stereocenters. The number of esters is 1. The molecule has 1 fully saturated rings. The Morgan fingerprint density at radius 2 is 1.96 bits per heavy atom. The van der Waals surface area contributed by atoms with Crippen molar-refractivity contribution >= 4 is 12.0 Å². The molecule has 4 rings (SSSR count). The van der Waals surface area contributed by atoms with Crippen LogP contribution >= 0.6 is 0 Å². The number of aromatic nitrogens is 2. The Hall–Kier alpha value is -2.71. The maximum Gasteiger partial charge on any atom is 0.336 e. The lowest BCUT2D eigenvalue weighted by atomic mass is 9.66. The van der Waals surface area contributed by atoms with E-state index in [1.165, 1.54) is 7.11 Å². The monoisotopic (exact) mass is 337 g/mol. The van der Waals surface area contributed by atoms with Crippen molar-refractivity contribution in [1.29, 1.82) is 0 Å². The molecule has 128 valence electrons. The van der Waals surface area contributed by atoms with Crippen LogP contribution in [0.3, 0.4) is 0 Å². The number of carbonyl (C=O) groups excluding carboxylic acids is 2. The summed E-state index contributed by atoms with van der Waals surface area (Å²) in [4.78, 5) is 48.8. The maximum atomic E-state index is 13.3. The van der Waals surface area contributed by atoms with Crippen molar-refractivity contribution in [3.05, 3.63) is 45.0 Å². The van der Waals surface area contributed by atoms with Gasteiger partial charge < -0.3 is 10.1 Å². The van der Waals surface area contributed by atoms with Gasteiger partial charge in [0.05, 0.1) is 25.3 Å². The summed E-state index contributed by atoms with van der Waals surface area (Å²) in [6.45, 7) is 0. The van der Waals surface area contributed by atoms with Crippen LogP contribution in [-0.4, -0.2) is 34.7 Å². The van der Waals surface area contributed by atoms with Crippen molar-refractivity contribution in [3.8, 4) is 0 Å². The summed E-state index contributed by atoms with van der Waals surface area (Å²) >= 11 is 0. The summed E-state index contributed by atoms with van der Waals surface area (Å²) in [6, 6.07) is -1.47. The zero-order valence-electron chi connectivity index (χ0n) is 12.8. The largest absolute Gasteiger partial charge is 0.469 e. The predicted octanol–water partition coefficient (Wildman–Crippen LogP) is -0.0128. The van der Waals surface area contributed by atoms with Crippen molar-refractivity contribution in [3.63, 3.8) is 0 Å². The third-order valence-corrected chi connectivity index (χ3v) is 4.63. The first-order chi connectivity index (χ1) is 11.4. The normalized spacial score (nSPS) is 27.8. The van der Waals surface area contributed by atoms with Crippen LogP contribution in [0.25, 0.3) is 0 Å². The molecule has 1 aromatic rings. The number of nitrogens with one attached hydrogen (secondary N) is 2. The number of halogens is 1. The summed E-state index contributed by atoms with van der Waals surface area (Å²) < 4.78 is 18.6. The number of hydrogen-bond acceptors (Lipinski definition) is 5. The average molecular weight is 337 g/mol. The van der Waals surface area contributed by atoms with Crippen LogP contribution in [0.2, 0.25) is 0 Å². The van der Waals surface area contributed by atoms with Gasteiger partial charge in [0.2, 0.25) is 5.82 Å². The number of rotatable bonds is 2. The third-order valence-electron chi connectivity index (χ3n) is 4.63. The number of amides is 1. The van der Waals surface area contributed by atoms with Crippen LogP contribution in [0.1, 0.15) is 12.8 Å².